The fraction of sp³-hybridized carbons (Fsp3) is 0.250. The Hall–Kier alpha value is -3.03. The smallest absolute Gasteiger partial charge is 0.265 e. The van der Waals surface area contributed by atoms with Gasteiger partial charge in [0, 0.05) is 25.6 Å². The third-order valence-corrected chi connectivity index (χ3v) is 3.36. The van der Waals surface area contributed by atoms with Gasteiger partial charge >= 0.3 is 0 Å². The number of nitrogens with zero attached hydrogens (tertiary/aromatic N) is 4. The molecule has 1 amide bonds. The average molecular weight is 329 g/mol. The van der Waals surface area contributed by atoms with Gasteiger partial charge in [0.2, 0.25) is 11.8 Å². The Balaban J connectivity index is 1.59. The summed E-state index contributed by atoms with van der Waals surface area (Å²) < 4.78 is 20.3. The van der Waals surface area contributed by atoms with Crippen LogP contribution in [0.25, 0.3) is 11.6 Å². The van der Waals surface area contributed by atoms with Gasteiger partial charge in [0.25, 0.3) is 5.89 Å². The van der Waals surface area contributed by atoms with Crippen molar-refractivity contribution in [3.8, 4) is 11.6 Å². The summed E-state index contributed by atoms with van der Waals surface area (Å²) in [5.74, 6) is 0.0643. The van der Waals surface area contributed by atoms with E-state index < -0.39 is 5.82 Å². The minimum absolute atomic E-state index is 0.155. The van der Waals surface area contributed by atoms with Crippen LogP contribution in [0.1, 0.15) is 18.0 Å². The summed E-state index contributed by atoms with van der Waals surface area (Å²) in [6.07, 6.45) is 0.452. The van der Waals surface area contributed by atoms with Crippen molar-refractivity contribution in [2.24, 2.45) is 7.05 Å². The molecule has 2 aromatic heterocycles. The number of benzene rings is 1. The van der Waals surface area contributed by atoms with Crippen LogP contribution in [0, 0.1) is 12.7 Å². The van der Waals surface area contributed by atoms with Crippen molar-refractivity contribution in [2.45, 2.75) is 19.8 Å². The first-order valence-corrected chi connectivity index (χ1v) is 7.40. The zero-order valence-electron chi connectivity index (χ0n) is 13.3. The zero-order chi connectivity index (χ0) is 17.1. The molecule has 0 unspecified atom stereocenters. The molecular formula is C16H16FN5O2. The summed E-state index contributed by atoms with van der Waals surface area (Å²) in [5, 5.41) is 14.8. The van der Waals surface area contributed by atoms with E-state index in [2.05, 4.69) is 20.6 Å². The van der Waals surface area contributed by atoms with Gasteiger partial charge in [-0.25, -0.2) is 4.39 Å². The second-order valence-corrected chi connectivity index (χ2v) is 5.35. The Morgan fingerprint density at radius 3 is 2.88 bits per heavy atom. The molecule has 124 valence electrons. The Kier molecular flexibility index (Phi) is 4.37. The van der Waals surface area contributed by atoms with Crippen LogP contribution in [0.5, 0.6) is 0 Å². The molecule has 0 aliphatic carbocycles. The van der Waals surface area contributed by atoms with E-state index in [0.29, 0.717) is 23.9 Å². The molecule has 24 heavy (non-hydrogen) atoms. The number of carbonyl (C=O) groups excluding carboxylic acids is 1. The molecule has 3 rings (SSSR count). The number of carbonyl (C=O) groups is 1. The second kappa shape index (κ2) is 6.61. The molecule has 2 heterocycles. The van der Waals surface area contributed by atoms with Crippen LogP contribution in [0.3, 0.4) is 0 Å². The predicted octanol–water partition coefficient (Wildman–Crippen LogP) is 2.49. The standard InChI is InChI=1S/C16H16FN5O2/c1-10-8-13(22(2)21-10)16-20-19-15(24-16)7-6-14(23)18-12-5-3-4-11(17)9-12/h3-5,8-9H,6-7H2,1-2H3,(H,18,23). The van der Waals surface area contributed by atoms with Crippen LogP contribution < -0.4 is 5.32 Å². The third-order valence-electron chi connectivity index (χ3n) is 3.36. The van der Waals surface area contributed by atoms with E-state index >= 15 is 0 Å². The lowest BCUT2D eigenvalue weighted by Gasteiger charge is -2.03. The zero-order valence-corrected chi connectivity index (χ0v) is 13.3. The fourth-order valence-electron chi connectivity index (χ4n) is 2.28. The Morgan fingerprint density at radius 1 is 1.33 bits per heavy atom. The summed E-state index contributed by atoms with van der Waals surface area (Å²) in [5.41, 5.74) is 1.98. The normalized spacial score (nSPS) is 10.8. The maximum atomic E-state index is 13.1. The molecule has 0 spiro atoms. The molecule has 0 saturated carbocycles. The quantitative estimate of drug-likeness (QED) is 0.777. The fourth-order valence-corrected chi connectivity index (χ4v) is 2.28. The van der Waals surface area contributed by atoms with E-state index in [1.54, 1.807) is 17.8 Å². The third kappa shape index (κ3) is 3.65. The minimum Gasteiger partial charge on any atom is -0.419 e. The van der Waals surface area contributed by atoms with E-state index in [-0.39, 0.29) is 12.3 Å². The summed E-state index contributed by atoms with van der Waals surface area (Å²) in [6, 6.07) is 7.57. The van der Waals surface area contributed by atoms with Gasteiger partial charge in [-0.2, -0.15) is 5.10 Å². The van der Waals surface area contributed by atoms with Crippen LogP contribution in [-0.4, -0.2) is 25.9 Å². The lowest BCUT2D eigenvalue weighted by Crippen LogP contribution is -2.12. The SMILES string of the molecule is Cc1cc(-c2nnc(CCC(=O)Nc3cccc(F)c3)o2)n(C)n1. The highest BCUT2D eigenvalue weighted by molar-refractivity contribution is 5.90. The van der Waals surface area contributed by atoms with Crippen molar-refractivity contribution in [1.82, 2.24) is 20.0 Å². The lowest BCUT2D eigenvalue weighted by molar-refractivity contribution is -0.116. The Morgan fingerprint density at radius 2 is 2.17 bits per heavy atom. The summed E-state index contributed by atoms with van der Waals surface area (Å²) >= 11 is 0. The van der Waals surface area contributed by atoms with Crippen LogP contribution in [0.15, 0.2) is 34.7 Å². The largest absolute Gasteiger partial charge is 0.419 e. The molecule has 0 aliphatic rings. The summed E-state index contributed by atoms with van der Waals surface area (Å²) in [4.78, 5) is 11.9. The minimum atomic E-state index is -0.402. The van der Waals surface area contributed by atoms with E-state index in [0.717, 1.165) is 11.4 Å². The number of aryl methyl sites for hydroxylation is 3. The maximum Gasteiger partial charge on any atom is 0.265 e. The monoisotopic (exact) mass is 329 g/mol. The van der Waals surface area contributed by atoms with Crippen molar-refractivity contribution in [1.29, 1.82) is 0 Å². The van der Waals surface area contributed by atoms with Crippen LogP contribution in [0.4, 0.5) is 10.1 Å². The first-order valence-electron chi connectivity index (χ1n) is 7.40. The van der Waals surface area contributed by atoms with Crippen LogP contribution in [0.2, 0.25) is 0 Å². The molecule has 7 nitrogen and oxygen atoms in total. The van der Waals surface area contributed by atoms with Gasteiger partial charge in [0.15, 0.2) is 0 Å². The van der Waals surface area contributed by atoms with Crippen molar-refractivity contribution in [3.05, 3.63) is 47.7 Å². The molecule has 1 N–H and O–H groups in total. The van der Waals surface area contributed by atoms with Gasteiger partial charge in [-0.3, -0.25) is 9.48 Å². The van der Waals surface area contributed by atoms with Crippen molar-refractivity contribution >= 4 is 11.6 Å². The maximum absolute atomic E-state index is 13.1. The molecule has 1 aromatic carbocycles. The van der Waals surface area contributed by atoms with Crippen molar-refractivity contribution < 1.29 is 13.6 Å². The molecule has 0 atom stereocenters. The van der Waals surface area contributed by atoms with Crippen molar-refractivity contribution in [3.63, 3.8) is 0 Å². The highest BCUT2D eigenvalue weighted by Crippen LogP contribution is 2.18. The first kappa shape index (κ1) is 15.9. The second-order valence-electron chi connectivity index (χ2n) is 5.35. The van der Waals surface area contributed by atoms with E-state index in [1.807, 2.05) is 13.0 Å². The molecule has 0 bridgehead atoms. The number of amides is 1. The van der Waals surface area contributed by atoms with Gasteiger partial charge < -0.3 is 9.73 Å². The molecule has 0 aliphatic heterocycles. The first-order chi connectivity index (χ1) is 11.5. The Bertz CT molecular complexity index is 871. The van der Waals surface area contributed by atoms with E-state index in [4.69, 9.17) is 4.42 Å². The molecule has 3 aromatic rings. The van der Waals surface area contributed by atoms with Gasteiger partial charge in [-0.1, -0.05) is 6.07 Å². The van der Waals surface area contributed by atoms with Crippen molar-refractivity contribution in [2.75, 3.05) is 5.32 Å². The number of aromatic nitrogens is 4. The summed E-state index contributed by atoms with van der Waals surface area (Å²) in [7, 11) is 1.79. The lowest BCUT2D eigenvalue weighted by atomic mass is 10.2. The number of nitrogens with one attached hydrogen (secondary N) is 1. The topological polar surface area (TPSA) is 85.8 Å². The molecule has 8 heteroatoms. The van der Waals surface area contributed by atoms with E-state index in [9.17, 15) is 9.18 Å². The number of anilines is 1. The average Bonchev–Trinajstić information content (AvgIpc) is 3.11. The van der Waals surface area contributed by atoms with Gasteiger partial charge in [-0.15, -0.1) is 10.2 Å². The number of hydrogen-bond donors (Lipinski definition) is 1. The van der Waals surface area contributed by atoms with Gasteiger partial charge in [0.05, 0.1) is 5.69 Å². The molecule has 0 saturated heterocycles. The van der Waals surface area contributed by atoms with Crippen LogP contribution in [-0.2, 0) is 18.3 Å². The number of rotatable bonds is 5. The molecule has 0 radical (unpaired) electrons. The van der Waals surface area contributed by atoms with E-state index in [1.165, 1.54) is 18.2 Å². The predicted molar refractivity (Wildman–Crippen MR) is 84.6 cm³/mol. The molecular weight excluding hydrogens is 313 g/mol. The number of halogens is 1. The van der Waals surface area contributed by atoms with Crippen LogP contribution >= 0.6 is 0 Å². The number of hydrogen-bond acceptors (Lipinski definition) is 5. The molecule has 0 fully saturated rings. The highest BCUT2D eigenvalue weighted by atomic mass is 19.1. The van der Waals surface area contributed by atoms with Gasteiger partial charge in [-0.05, 0) is 31.2 Å². The summed E-state index contributed by atoms with van der Waals surface area (Å²) in [6.45, 7) is 1.87. The Labute approximate surface area is 137 Å². The van der Waals surface area contributed by atoms with Gasteiger partial charge in [0.1, 0.15) is 11.5 Å². The highest BCUT2D eigenvalue weighted by Gasteiger charge is 2.14.